The van der Waals surface area contributed by atoms with E-state index < -0.39 is 0 Å². The molecule has 0 fully saturated rings. The van der Waals surface area contributed by atoms with Crippen LogP contribution in [0.1, 0.15) is 6.42 Å². The van der Waals surface area contributed by atoms with Gasteiger partial charge in [-0.25, -0.2) is 0 Å². The molecular weight excluding hydrogens is 296 g/mol. The van der Waals surface area contributed by atoms with Crippen molar-refractivity contribution in [2.45, 2.75) is 6.42 Å². The molecular formula is C15H22N6O2. The van der Waals surface area contributed by atoms with Crippen molar-refractivity contribution < 1.29 is 9.53 Å². The molecule has 8 heteroatoms. The van der Waals surface area contributed by atoms with Gasteiger partial charge in [-0.3, -0.25) is 4.79 Å². The summed E-state index contributed by atoms with van der Waals surface area (Å²) in [4.78, 5) is 15.2. The summed E-state index contributed by atoms with van der Waals surface area (Å²) in [5.41, 5.74) is 0.846. The van der Waals surface area contributed by atoms with Crippen molar-refractivity contribution in [1.82, 2.24) is 30.4 Å². The van der Waals surface area contributed by atoms with Crippen molar-refractivity contribution in [1.29, 1.82) is 0 Å². The molecule has 2 aromatic rings. The number of ether oxygens (including phenoxy) is 1. The lowest BCUT2D eigenvalue weighted by Crippen LogP contribution is -2.31. The molecule has 23 heavy (non-hydrogen) atoms. The van der Waals surface area contributed by atoms with E-state index in [2.05, 4.69) is 25.6 Å². The van der Waals surface area contributed by atoms with Gasteiger partial charge in [0, 0.05) is 12.1 Å². The lowest BCUT2D eigenvalue weighted by atomic mass is 10.2. The Morgan fingerprint density at radius 2 is 2.04 bits per heavy atom. The quantitative estimate of drug-likeness (QED) is 0.706. The number of aryl methyl sites for hydroxylation is 1. The number of nitrogens with one attached hydrogen (secondary N) is 1. The summed E-state index contributed by atoms with van der Waals surface area (Å²) in [6.45, 7) is 1.60. The third-order valence-electron chi connectivity index (χ3n) is 3.10. The average Bonchev–Trinajstić information content (AvgIpc) is 2.96. The molecule has 0 bridgehead atoms. The first-order chi connectivity index (χ1) is 11.0. The van der Waals surface area contributed by atoms with E-state index in [1.165, 1.54) is 4.80 Å². The number of carbonyl (C=O) groups excluding carboxylic acids is 1. The van der Waals surface area contributed by atoms with Gasteiger partial charge in [-0.15, -0.1) is 10.2 Å². The van der Waals surface area contributed by atoms with Gasteiger partial charge in [0.1, 0.15) is 5.75 Å². The smallest absolute Gasteiger partial charge is 0.257 e. The Labute approximate surface area is 135 Å². The third-order valence-corrected chi connectivity index (χ3v) is 3.10. The number of hydrogen-bond acceptors (Lipinski definition) is 6. The molecule has 1 aromatic carbocycles. The Morgan fingerprint density at radius 1 is 1.30 bits per heavy atom. The molecule has 1 N–H and O–H groups in total. The molecule has 0 radical (unpaired) electrons. The maximum atomic E-state index is 11.7. The van der Waals surface area contributed by atoms with Crippen LogP contribution in [-0.2, 0) is 11.8 Å². The van der Waals surface area contributed by atoms with Crippen LogP contribution in [0.3, 0.4) is 0 Å². The lowest BCUT2D eigenvalue weighted by Gasteiger charge is -2.10. The number of benzene rings is 1. The minimum atomic E-state index is -0.122. The first-order valence-corrected chi connectivity index (χ1v) is 7.43. The fraction of sp³-hybridized carbons (Fsp3) is 0.467. The summed E-state index contributed by atoms with van der Waals surface area (Å²) >= 11 is 0. The number of hydrogen-bond donors (Lipinski definition) is 1. The highest BCUT2D eigenvalue weighted by Crippen LogP contribution is 2.18. The van der Waals surface area contributed by atoms with Crippen LogP contribution in [0.5, 0.6) is 5.75 Å². The van der Waals surface area contributed by atoms with Crippen LogP contribution in [0, 0.1) is 0 Å². The predicted octanol–water partition coefficient (Wildman–Crippen LogP) is 0.324. The standard InChI is InChI=1S/C15H22N6O2/c1-20(2)10-4-9-16-14(22)11-23-13-7-5-12(6-8-13)15-17-19-21(3)18-15/h5-8H,4,9-11H2,1-3H3,(H,16,22). The molecule has 0 atom stereocenters. The molecule has 1 aromatic heterocycles. The predicted molar refractivity (Wildman–Crippen MR) is 85.9 cm³/mol. The van der Waals surface area contributed by atoms with Crippen LogP contribution in [0.2, 0.25) is 0 Å². The molecule has 0 aliphatic carbocycles. The van der Waals surface area contributed by atoms with Gasteiger partial charge in [0.25, 0.3) is 5.91 Å². The van der Waals surface area contributed by atoms with Crippen LogP contribution in [0.4, 0.5) is 0 Å². The van der Waals surface area contributed by atoms with Gasteiger partial charge in [-0.1, -0.05) is 0 Å². The second-order valence-electron chi connectivity index (χ2n) is 5.42. The second-order valence-corrected chi connectivity index (χ2v) is 5.42. The zero-order chi connectivity index (χ0) is 16.7. The summed E-state index contributed by atoms with van der Waals surface area (Å²) in [6, 6.07) is 7.23. The third kappa shape index (κ3) is 5.67. The van der Waals surface area contributed by atoms with Crippen molar-refractivity contribution in [3.63, 3.8) is 0 Å². The molecule has 0 unspecified atom stereocenters. The molecule has 124 valence electrons. The highest BCUT2D eigenvalue weighted by molar-refractivity contribution is 5.77. The minimum absolute atomic E-state index is 0.00467. The largest absolute Gasteiger partial charge is 0.484 e. The van der Waals surface area contributed by atoms with E-state index >= 15 is 0 Å². The molecule has 0 saturated heterocycles. The lowest BCUT2D eigenvalue weighted by molar-refractivity contribution is -0.123. The van der Waals surface area contributed by atoms with Crippen LogP contribution in [0.15, 0.2) is 24.3 Å². The van der Waals surface area contributed by atoms with E-state index in [-0.39, 0.29) is 12.5 Å². The molecule has 0 aliphatic heterocycles. The monoisotopic (exact) mass is 318 g/mol. The zero-order valence-corrected chi connectivity index (χ0v) is 13.7. The molecule has 1 amide bonds. The zero-order valence-electron chi connectivity index (χ0n) is 13.7. The Balaban J connectivity index is 1.74. The number of amides is 1. The average molecular weight is 318 g/mol. The second kappa shape index (κ2) is 8.23. The van der Waals surface area contributed by atoms with E-state index in [0.29, 0.717) is 18.1 Å². The number of aromatic nitrogens is 4. The van der Waals surface area contributed by atoms with Gasteiger partial charge >= 0.3 is 0 Å². The summed E-state index contributed by atoms with van der Waals surface area (Å²) in [6.07, 6.45) is 0.915. The number of rotatable bonds is 8. The fourth-order valence-corrected chi connectivity index (χ4v) is 1.92. The maximum Gasteiger partial charge on any atom is 0.257 e. The van der Waals surface area contributed by atoms with Crippen LogP contribution >= 0.6 is 0 Å². The summed E-state index contributed by atoms with van der Waals surface area (Å²) in [5.74, 6) is 1.06. The van der Waals surface area contributed by atoms with E-state index in [0.717, 1.165) is 18.5 Å². The Kier molecular flexibility index (Phi) is 6.04. The highest BCUT2D eigenvalue weighted by Gasteiger charge is 2.06. The van der Waals surface area contributed by atoms with Crippen molar-refractivity contribution in [3.8, 4) is 17.1 Å². The van der Waals surface area contributed by atoms with Crippen molar-refractivity contribution in [2.75, 3.05) is 33.8 Å². The first-order valence-electron chi connectivity index (χ1n) is 7.43. The number of tetrazole rings is 1. The van der Waals surface area contributed by atoms with Gasteiger partial charge in [0.2, 0.25) is 5.82 Å². The topological polar surface area (TPSA) is 85.2 Å². The van der Waals surface area contributed by atoms with E-state index in [9.17, 15) is 4.79 Å². The summed E-state index contributed by atoms with van der Waals surface area (Å²) in [5, 5.41) is 14.7. The Hall–Kier alpha value is -2.48. The maximum absolute atomic E-state index is 11.7. The van der Waals surface area contributed by atoms with Crippen LogP contribution < -0.4 is 10.1 Å². The summed E-state index contributed by atoms with van der Waals surface area (Å²) in [7, 11) is 5.72. The van der Waals surface area contributed by atoms with Crippen LogP contribution in [0.25, 0.3) is 11.4 Å². The van der Waals surface area contributed by atoms with Crippen molar-refractivity contribution in [2.24, 2.45) is 7.05 Å². The SMILES string of the molecule is CN(C)CCCNC(=O)COc1ccc(-c2nnn(C)n2)cc1. The number of carbonyl (C=O) groups is 1. The summed E-state index contributed by atoms with van der Waals surface area (Å²) < 4.78 is 5.46. The van der Waals surface area contributed by atoms with E-state index in [4.69, 9.17) is 4.74 Å². The normalized spacial score (nSPS) is 10.8. The first kappa shape index (κ1) is 16.9. The van der Waals surface area contributed by atoms with E-state index in [1.807, 2.05) is 26.2 Å². The molecule has 0 aliphatic rings. The van der Waals surface area contributed by atoms with Crippen LogP contribution in [-0.4, -0.2) is 64.8 Å². The van der Waals surface area contributed by atoms with Gasteiger partial charge < -0.3 is 15.0 Å². The molecule has 0 spiro atoms. The molecule has 1 heterocycles. The Bertz CT molecular complexity index is 623. The molecule has 0 saturated carbocycles. The minimum Gasteiger partial charge on any atom is -0.484 e. The van der Waals surface area contributed by atoms with E-state index in [1.54, 1.807) is 19.2 Å². The van der Waals surface area contributed by atoms with Crippen molar-refractivity contribution >= 4 is 5.91 Å². The molecule has 8 nitrogen and oxygen atoms in total. The Morgan fingerprint density at radius 3 is 2.65 bits per heavy atom. The van der Waals surface area contributed by atoms with Gasteiger partial charge in [-0.05, 0) is 56.5 Å². The number of nitrogens with zero attached hydrogens (tertiary/aromatic N) is 5. The highest BCUT2D eigenvalue weighted by atomic mass is 16.5. The van der Waals surface area contributed by atoms with Gasteiger partial charge in [0.15, 0.2) is 6.61 Å². The van der Waals surface area contributed by atoms with Gasteiger partial charge in [0.05, 0.1) is 7.05 Å². The fourth-order valence-electron chi connectivity index (χ4n) is 1.92. The molecule has 2 rings (SSSR count). The van der Waals surface area contributed by atoms with Crippen molar-refractivity contribution in [3.05, 3.63) is 24.3 Å². The van der Waals surface area contributed by atoms with Gasteiger partial charge in [-0.2, -0.15) is 4.80 Å².